The van der Waals surface area contributed by atoms with Gasteiger partial charge in [0.1, 0.15) is 11.3 Å². The molecule has 0 atom stereocenters. The van der Waals surface area contributed by atoms with Crippen LogP contribution in [0, 0.1) is 0 Å². The first-order valence-corrected chi connectivity index (χ1v) is 9.77. The zero-order valence-electron chi connectivity index (χ0n) is 15.9. The number of hydrogen-bond donors (Lipinski definition) is 1. The largest absolute Gasteiger partial charge is 0.495 e. The number of nitrogens with one attached hydrogen (secondary N) is 1. The van der Waals surface area contributed by atoms with Crippen LogP contribution >= 0.6 is 23.2 Å². The Morgan fingerprint density at radius 1 is 1.10 bits per heavy atom. The number of fused-ring (bicyclic) bond motifs is 1. The number of carbonyl (C=O) groups excluding carboxylic acids is 1. The number of aromatic nitrogens is 1. The molecule has 1 amide bonds. The summed E-state index contributed by atoms with van der Waals surface area (Å²) in [7, 11) is 1.50. The van der Waals surface area contributed by atoms with Gasteiger partial charge >= 0.3 is 0 Å². The highest BCUT2D eigenvalue weighted by Crippen LogP contribution is 2.33. The zero-order valence-corrected chi connectivity index (χ0v) is 17.4. The Hall–Kier alpha value is -3.28. The van der Waals surface area contributed by atoms with E-state index in [1.807, 2.05) is 30.3 Å². The van der Waals surface area contributed by atoms with Crippen molar-refractivity contribution in [3.05, 3.63) is 82.3 Å². The number of ether oxygens (including phenoxy) is 1. The minimum Gasteiger partial charge on any atom is -0.495 e. The predicted octanol–water partition coefficient (Wildman–Crippen LogP) is 6.46. The fourth-order valence-corrected chi connectivity index (χ4v) is 3.56. The van der Waals surface area contributed by atoms with Crippen LogP contribution in [-0.4, -0.2) is 18.0 Å². The summed E-state index contributed by atoms with van der Waals surface area (Å²) >= 11 is 12.2. The quantitative estimate of drug-likeness (QED) is 0.363. The molecule has 1 N–H and O–H groups in total. The van der Waals surface area contributed by atoms with Gasteiger partial charge in [0, 0.05) is 27.9 Å². The smallest absolute Gasteiger partial charge is 0.248 e. The molecule has 5 nitrogen and oxygen atoms in total. The van der Waals surface area contributed by atoms with Crippen molar-refractivity contribution in [1.82, 2.24) is 4.98 Å². The van der Waals surface area contributed by atoms with Crippen molar-refractivity contribution in [2.24, 2.45) is 0 Å². The van der Waals surface area contributed by atoms with E-state index in [2.05, 4.69) is 10.3 Å². The number of oxazole rings is 1. The van der Waals surface area contributed by atoms with Crippen LogP contribution in [0.3, 0.4) is 0 Å². The maximum Gasteiger partial charge on any atom is 0.248 e. The normalized spacial score (nSPS) is 11.2. The minimum absolute atomic E-state index is 0.320. The number of anilines is 1. The van der Waals surface area contributed by atoms with Crippen LogP contribution in [0.2, 0.25) is 10.0 Å². The Kier molecular flexibility index (Phi) is 5.74. The Balaban J connectivity index is 1.53. The number of hydrogen-bond acceptors (Lipinski definition) is 4. The molecule has 1 heterocycles. The monoisotopic (exact) mass is 438 g/mol. The number of rotatable bonds is 5. The maximum absolute atomic E-state index is 12.4. The fourth-order valence-electron chi connectivity index (χ4n) is 2.98. The molecule has 0 radical (unpaired) electrons. The highest BCUT2D eigenvalue weighted by Gasteiger charge is 2.10. The highest BCUT2D eigenvalue weighted by atomic mass is 35.5. The lowest BCUT2D eigenvalue weighted by Crippen LogP contribution is -2.07. The van der Waals surface area contributed by atoms with Crippen LogP contribution in [0.4, 0.5) is 5.69 Å². The van der Waals surface area contributed by atoms with E-state index in [4.69, 9.17) is 32.4 Å². The van der Waals surface area contributed by atoms with Crippen LogP contribution in [0.15, 0.2) is 71.2 Å². The highest BCUT2D eigenvalue weighted by molar-refractivity contribution is 6.36. The van der Waals surface area contributed by atoms with E-state index in [1.54, 1.807) is 36.4 Å². The lowest BCUT2D eigenvalue weighted by molar-refractivity contribution is -0.111. The topological polar surface area (TPSA) is 64.4 Å². The first-order chi connectivity index (χ1) is 14.5. The van der Waals surface area contributed by atoms with Crippen LogP contribution in [0.1, 0.15) is 5.56 Å². The number of benzene rings is 3. The standard InChI is InChI=1S/C23H16Cl2N2O3/c1-29-22-15(11-16(24)12-18(22)25)7-10-21(28)26-17-8-9-20-19(13-17)27-23(30-20)14-5-3-2-4-6-14/h2-13H,1H3,(H,26,28). The van der Waals surface area contributed by atoms with Gasteiger partial charge in [-0.2, -0.15) is 0 Å². The fraction of sp³-hybridized carbons (Fsp3) is 0.0435. The molecule has 1 aromatic heterocycles. The van der Waals surface area contributed by atoms with Gasteiger partial charge in [-0.25, -0.2) is 4.98 Å². The molecule has 0 spiro atoms. The Labute approximate surface area is 182 Å². The molecule has 0 unspecified atom stereocenters. The minimum atomic E-state index is -0.320. The second-order valence-electron chi connectivity index (χ2n) is 6.40. The van der Waals surface area contributed by atoms with E-state index in [0.29, 0.717) is 44.0 Å². The molecule has 0 saturated heterocycles. The van der Waals surface area contributed by atoms with Crippen molar-refractivity contribution in [2.45, 2.75) is 0 Å². The van der Waals surface area contributed by atoms with Gasteiger partial charge in [0.2, 0.25) is 11.8 Å². The molecule has 0 aliphatic rings. The van der Waals surface area contributed by atoms with Crippen LogP contribution in [-0.2, 0) is 4.79 Å². The lowest BCUT2D eigenvalue weighted by atomic mass is 10.2. The average molecular weight is 439 g/mol. The summed E-state index contributed by atoms with van der Waals surface area (Å²) in [6, 6.07) is 18.2. The molecular formula is C23H16Cl2N2O3. The first-order valence-electron chi connectivity index (χ1n) is 9.01. The van der Waals surface area contributed by atoms with E-state index >= 15 is 0 Å². The summed E-state index contributed by atoms with van der Waals surface area (Å²) in [5, 5.41) is 3.63. The molecule has 7 heteroatoms. The molecule has 0 aliphatic heterocycles. The zero-order chi connectivity index (χ0) is 21.1. The third-order valence-corrected chi connectivity index (χ3v) is 4.83. The van der Waals surface area contributed by atoms with Gasteiger partial charge in [0.25, 0.3) is 0 Å². The first kappa shape index (κ1) is 20.0. The lowest BCUT2D eigenvalue weighted by Gasteiger charge is -2.08. The molecular weight excluding hydrogens is 423 g/mol. The molecule has 4 rings (SSSR count). The van der Waals surface area contributed by atoms with Crippen LogP contribution in [0.25, 0.3) is 28.6 Å². The Bertz CT molecular complexity index is 1250. The molecule has 3 aromatic carbocycles. The molecule has 150 valence electrons. The number of carbonyl (C=O) groups is 1. The van der Waals surface area contributed by atoms with Gasteiger partial charge in [-0.3, -0.25) is 4.79 Å². The number of halogens is 2. The van der Waals surface area contributed by atoms with Gasteiger partial charge < -0.3 is 14.5 Å². The van der Waals surface area contributed by atoms with Crippen molar-refractivity contribution >= 4 is 52.0 Å². The third kappa shape index (κ3) is 4.32. The summed E-state index contributed by atoms with van der Waals surface area (Å²) in [6.07, 6.45) is 2.97. The number of methoxy groups -OCH3 is 1. The molecule has 0 fully saturated rings. The Morgan fingerprint density at radius 3 is 2.67 bits per heavy atom. The second-order valence-corrected chi connectivity index (χ2v) is 7.24. The second kappa shape index (κ2) is 8.61. The van der Waals surface area contributed by atoms with Gasteiger partial charge in [0.05, 0.1) is 12.1 Å². The van der Waals surface area contributed by atoms with Crippen molar-refractivity contribution in [1.29, 1.82) is 0 Å². The number of amides is 1. The maximum atomic E-state index is 12.4. The molecule has 4 aromatic rings. The predicted molar refractivity (Wildman–Crippen MR) is 120 cm³/mol. The third-order valence-electron chi connectivity index (χ3n) is 4.33. The van der Waals surface area contributed by atoms with E-state index in [0.717, 1.165) is 5.56 Å². The van der Waals surface area contributed by atoms with Gasteiger partial charge in [-0.05, 0) is 48.5 Å². The van der Waals surface area contributed by atoms with Gasteiger partial charge in [0.15, 0.2) is 5.58 Å². The molecule has 0 saturated carbocycles. The van der Waals surface area contributed by atoms with Crippen molar-refractivity contribution in [3.8, 4) is 17.2 Å². The van der Waals surface area contributed by atoms with Gasteiger partial charge in [-0.1, -0.05) is 41.4 Å². The Morgan fingerprint density at radius 2 is 1.90 bits per heavy atom. The number of nitrogens with zero attached hydrogens (tertiary/aromatic N) is 1. The molecule has 0 bridgehead atoms. The van der Waals surface area contributed by atoms with Crippen LogP contribution < -0.4 is 10.1 Å². The molecule has 30 heavy (non-hydrogen) atoms. The van der Waals surface area contributed by atoms with E-state index < -0.39 is 0 Å². The van der Waals surface area contributed by atoms with Crippen molar-refractivity contribution in [3.63, 3.8) is 0 Å². The summed E-state index contributed by atoms with van der Waals surface area (Å²) in [5.74, 6) is 0.653. The van der Waals surface area contributed by atoms with E-state index in [9.17, 15) is 4.79 Å². The summed E-state index contributed by atoms with van der Waals surface area (Å²) in [5.41, 5.74) is 3.38. The van der Waals surface area contributed by atoms with Gasteiger partial charge in [-0.15, -0.1) is 0 Å². The summed E-state index contributed by atoms with van der Waals surface area (Å²) < 4.78 is 11.1. The van der Waals surface area contributed by atoms with Crippen molar-refractivity contribution in [2.75, 3.05) is 12.4 Å². The summed E-state index contributed by atoms with van der Waals surface area (Å²) in [4.78, 5) is 16.9. The van der Waals surface area contributed by atoms with Crippen molar-refractivity contribution < 1.29 is 13.9 Å². The van der Waals surface area contributed by atoms with E-state index in [-0.39, 0.29) is 5.91 Å². The van der Waals surface area contributed by atoms with E-state index in [1.165, 1.54) is 13.2 Å². The van der Waals surface area contributed by atoms with Crippen LogP contribution in [0.5, 0.6) is 5.75 Å². The molecule has 0 aliphatic carbocycles. The average Bonchev–Trinajstić information content (AvgIpc) is 3.16. The summed E-state index contributed by atoms with van der Waals surface area (Å²) in [6.45, 7) is 0. The SMILES string of the molecule is COc1c(Cl)cc(Cl)cc1C=CC(=O)Nc1ccc2oc(-c3ccccc3)nc2c1.